The van der Waals surface area contributed by atoms with E-state index in [1.165, 1.54) is 0 Å². The lowest BCUT2D eigenvalue weighted by Gasteiger charge is -2.01. The van der Waals surface area contributed by atoms with Gasteiger partial charge >= 0.3 is 5.97 Å². The molecule has 3 heteroatoms. The molecule has 0 amide bonds. The predicted molar refractivity (Wildman–Crippen MR) is 42.5 cm³/mol. The molecule has 0 unspecified atom stereocenters. The van der Waals surface area contributed by atoms with Crippen LogP contribution >= 0.6 is 0 Å². The van der Waals surface area contributed by atoms with Crippen LogP contribution in [0.3, 0.4) is 0 Å². The fraction of sp³-hybridized carbons (Fsp3) is 0.625. The van der Waals surface area contributed by atoms with Crippen LogP contribution in [0.5, 0.6) is 0 Å². The van der Waals surface area contributed by atoms with Crippen LogP contribution < -0.4 is 0 Å². The maximum atomic E-state index is 10.2. The molecular formula is C8H14O3. The summed E-state index contributed by atoms with van der Waals surface area (Å²) in [5.41, 5.74) is 0.112. The molecule has 0 heterocycles. The second kappa shape index (κ2) is 5.92. The van der Waals surface area contributed by atoms with Crippen molar-refractivity contribution in [2.24, 2.45) is 0 Å². The summed E-state index contributed by atoms with van der Waals surface area (Å²) in [5, 5.41) is 8.36. The number of hydrogen-bond donors (Lipinski definition) is 1. The van der Waals surface area contributed by atoms with E-state index in [2.05, 4.69) is 13.5 Å². The minimum atomic E-state index is -0.985. The summed E-state index contributed by atoms with van der Waals surface area (Å²) >= 11 is 0. The Hall–Kier alpha value is -0.830. The molecule has 0 radical (unpaired) electrons. The molecule has 0 bridgehead atoms. The number of carbonyl (C=O) groups is 1. The highest BCUT2D eigenvalue weighted by atomic mass is 16.5. The normalized spacial score (nSPS) is 9.55. The summed E-state index contributed by atoms with van der Waals surface area (Å²) < 4.78 is 5.02. The van der Waals surface area contributed by atoms with Crippen LogP contribution in [0.15, 0.2) is 12.2 Å². The van der Waals surface area contributed by atoms with Gasteiger partial charge in [0.15, 0.2) is 0 Å². The summed E-state index contributed by atoms with van der Waals surface area (Å²) in [4.78, 5) is 10.2. The van der Waals surface area contributed by atoms with Gasteiger partial charge in [0.1, 0.15) is 0 Å². The summed E-state index contributed by atoms with van der Waals surface area (Å²) in [6.45, 7) is 6.13. The van der Waals surface area contributed by atoms with E-state index in [0.29, 0.717) is 6.61 Å². The monoisotopic (exact) mass is 158 g/mol. The average Bonchev–Trinajstić information content (AvgIpc) is 1.97. The van der Waals surface area contributed by atoms with Gasteiger partial charge in [0, 0.05) is 6.61 Å². The van der Waals surface area contributed by atoms with E-state index >= 15 is 0 Å². The van der Waals surface area contributed by atoms with Gasteiger partial charge in [0.2, 0.25) is 0 Å². The van der Waals surface area contributed by atoms with Gasteiger partial charge in [-0.1, -0.05) is 19.9 Å². The molecule has 3 nitrogen and oxygen atoms in total. The van der Waals surface area contributed by atoms with Gasteiger partial charge in [0.25, 0.3) is 0 Å². The SMILES string of the molecule is C=C(COCCCC)C(=O)O. The Bertz CT molecular complexity index is 140. The van der Waals surface area contributed by atoms with Crippen molar-refractivity contribution in [1.29, 1.82) is 0 Å². The minimum absolute atomic E-state index is 0.112. The van der Waals surface area contributed by atoms with Crippen LogP contribution in [-0.2, 0) is 9.53 Å². The van der Waals surface area contributed by atoms with Gasteiger partial charge in [-0.3, -0.25) is 0 Å². The molecule has 0 aliphatic heterocycles. The first-order valence-corrected chi connectivity index (χ1v) is 3.67. The third-order valence-corrected chi connectivity index (χ3v) is 1.22. The molecule has 11 heavy (non-hydrogen) atoms. The third-order valence-electron chi connectivity index (χ3n) is 1.22. The second-order valence-corrected chi connectivity index (χ2v) is 2.31. The summed E-state index contributed by atoms with van der Waals surface area (Å²) in [6, 6.07) is 0. The topological polar surface area (TPSA) is 46.5 Å². The van der Waals surface area contributed by atoms with Crippen LogP contribution in [0.2, 0.25) is 0 Å². The van der Waals surface area contributed by atoms with Gasteiger partial charge in [0.05, 0.1) is 12.2 Å². The lowest BCUT2D eigenvalue weighted by atomic mass is 10.3. The largest absolute Gasteiger partial charge is 0.478 e. The second-order valence-electron chi connectivity index (χ2n) is 2.31. The minimum Gasteiger partial charge on any atom is -0.478 e. The van der Waals surface area contributed by atoms with Crippen LogP contribution in [0.4, 0.5) is 0 Å². The first-order chi connectivity index (χ1) is 5.18. The Morgan fingerprint density at radius 2 is 2.27 bits per heavy atom. The predicted octanol–water partition coefficient (Wildman–Crippen LogP) is 1.44. The van der Waals surface area contributed by atoms with Crippen molar-refractivity contribution in [3.8, 4) is 0 Å². The molecule has 0 fully saturated rings. The zero-order valence-corrected chi connectivity index (χ0v) is 6.80. The molecule has 0 saturated heterocycles. The number of carboxylic acid groups (broad SMARTS) is 1. The molecular weight excluding hydrogens is 144 g/mol. The van der Waals surface area contributed by atoms with Gasteiger partial charge in [-0.05, 0) is 6.42 Å². The van der Waals surface area contributed by atoms with E-state index < -0.39 is 5.97 Å². The van der Waals surface area contributed by atoms with Crippen LogP contribution in [0, 0.1) is 0 Å². The van der Waals surface area contributed by atoms with Crippen molar-refractivity contribution < 1.29 is 14.6 Å². The van der Waals surface area contributed by atoms with Gasteiger partial charge < -0.3 is 9.84 Å². The highest BCUT2D eigenvalue weighted by Gasteiger charge is 2.02. The standard InChI is InChI=1S/C8H14O3/c1-3-4-5-11-6-7(2)8(9)10/h2-6H2,1H3,(H,9,10). The molecule has 0 aromatic rings. The van der Waals surface area contributed by atoms with E-state index in [-0.39, 0.29) is 12.2 Å². The molecule has 0 spiro atoms. The molecule has 0 aromatic heterocycles. The summed E-state index contributed by atoms with van der Waals surface area (Å²) in [5.74, 6) is -0.985. The highest BCUT2D eigenvalue weighted by molar-refractivity contribution is 5.85. The van der Waals surface area contributed by atoms with Gasteiger partial charge in [-0.15, -0.1) is 0 Å². The Balaban J connectivity index is 3.25. The molecule has 0 aliphatic rings. The van der Waals surface area contributed by atoms with E-state index in [0.717, 1.165) is 12.8 Å². The number of hydrogen-bond acceptors (Lipinski definition) is 2. The number of aliphatic carboxylic acids is 1. The van der Waals surface area contributed by atoms with Crippen molar-refractivity contribution in [3.05, 3.63) is 12.2 Å². The molecule has 0 aliphatic carbocycles. The fourth-order valence-electron chi connectivity index (χ4n) is 0.504. The zero-order valence-electron chi connectivity index (χ0n) is 6.80. The molecule has 0 aromatic carbocycles. The number of rotatable bonds is 6. The van der Waals surface area contributed by atoms with Crippen LogP contribution in [0.1, 0.15) is 19.8 Å². The number of carboxylic acids is 1. The maximum Gasteiger partial charge on any atom is 0.333 e. The molecule has 0 saturated carbocycles. The third kappa shape index (κ3) is 5.61. The van der Waals surface area contributed by atoms with Gasteiger partial charge in [-0.2, -0.15) is 0 Å². The lowest BCUT2D eigenvalue weighted by Crippen LogP contribution is -2.07. The van der Waals surface area contributed by atoms with Crippen molar-refractivity contribution >= 4 is 5.97 Å². The average molecular weight is 158 g/mol. The van der Waals surface area contributed by atoms with E-state index in [9.17, 15) is 4.79 Å². The Morgan fingerprint density at radius 1 is 1.64 bits per heavy atom. The molecule has 0 atom stereocenters. The first kappa shape index (κ1) is 10.2. The van der Waals surface area contributed by atoms with E-state index in [1.807, 2.05) is 0 Å². The van der Waals surface area contributed by atoms with Gasteiger partial charge in [-0.25, -0.2) is 4.79 Å². The Morgan fingerprint density at radius 3 is 2.73 bits per heavy atom. The fourth-order valence-corrected chi connectivity index (χ4v) is 0.504. The van der Waals surface area contributed by atoms with Crippen molar-refractivity contribution in [3.63, 3.8) is 0 Å². The molecule has 0 rings (SSSR count). The van der Waals surface area contributed by atoms with Crippen molar-refractivity contribution in [2.75, 3.05) is 13.2 Å². The molecule has 64 valence electrons. The quantitative estimate of drug-likeness (QED) is 0.470. The summed E-state index contributed by atoms with van der Waals surface area (Å²) in [6.07, 6.45) is 2.02. The first-order valence-electron chi connectivity index (χ1n) is 3.67. The van der Waals surface area contributed by atoms with E-state index in [1.54, 1.807) is 0 Å². The number of unbranched alkanes of at least 4 members (excludes halogenated alkanes) is 1. The van der Waals surface area contributed by atoms with Crippen molar-refractivity contribution in [2.45, 2.75) is 19.8 Å². The highest BCUT2D eigenvalue weighted by Crippen LogP contribution is 1.93. The lowest BCUT2D eigenvalue weighted by molar-refractivity contribution is -0.133. The Labute approximate surface area is 66.7 Å². The molecule has 1 N–H and O–H groups in total. The van der Waals surface area contributed by atoms with Crippen molar-refractivity contribution in [1.82, 2.24) is 0 Å². The number of ether oxygens (including phenoxy) is 1. The zero-order chi connectivity index (χ0) is 8.69. The Kier molecular flexibility index (Phi) is 5.47. The smallest absolute Gasteiger partial charge is 0.333 e. The van der Waals surface area contributed by atoms with Crippen LogP contribution in [0.25, 0.3) is 0 Å². The summed E-state index contributed by atoms with van der Waals surface area (Å²) in [7, 11) is 0. The van der Waals surface area contributed by atoms with E-state index in [4.69, 9.17) is 9.84 Å². The maximum absolute atomic E-state index is 10.2. The van der Waals surface area contributed by atoms with Crippen LogP contribution in [-0.4, -0.2) is 24.3 Å².